The van der Waals surface area contributed by atoms with Gasteiger partial charge in [0.15, 0.2) is 0 Å². The highest BCUT2D eigenvalue weighted by atomic mass is 32.1. The standard InChI is InChI=1S/C19H21N3O2S2/c1-12-5-6-14-15(8-12)26-18-17(14)19(24)22(11-20-18)10-16(23)21(2)9-13-4-3-7-25-13/h3-4,7,11-12H,5-6,8-10H2,1-2H3. The Hall–Kier alpha value is -1.99. The molecule has 0 bridgehead atoms. The number of fused-ring (bicyclic) bond motifs is 3. The molecule has 3 aromatic heterocycles. The van der Waals surface area contributed by atoms with Crippen molar-refractivity contribution in [3.8, 4) is 0 Å². The molecule has 3 aromatic rings. The summed E-state index contributed by atoms with van der Waals surface area (Å²) in [6.45, 7) is 2.85. The summed E-state index contributed by atoms with van der Waals surface area (Å²) in [6.07, 6.45) is 4.59. The smallest absolute Gasteiger partial charge is 0.262 e. The first-order valence-electron chi connectivity index (χ1n) is 8.79. The predicted molar refractivity (Wildman–Crippen MR) is 106 cm³/mol. The first kappa shape index (κ1) is 17.4. The number of likely N-dealkylation sites (N-methyl/N-ethyl adjacent to an activating group) is 1. The van der Waals surface area contributed by atoms with Crippen molar-refractivity contribution in [1.29, 1.82) is 0 Å². The number of rotatable bonds is 4. The van der Waals surface area contributed by atoms with Crippen molar-refractivity contribution in [2.24, 2.45) is 5.92 Å². The largest absolute Gasteiger partial charge is 0.339 e. The highest BCUT2D eigenvalue weighted by Gasteiger charge is 2.23. The average Bonchev–Trinajstić information content (AvgIpc) is 3.24. The summed E-state index contributed by atoms with van der Waals surface area (Å²) in [5.41, 5.74) is 1.08. The summed E-state index contributed by atoms with van der Waals surface area (Å²) in [5.74, 6) is 0.574. The molecule has 136 valence electrons. The molecule has 0 spiro atoms. The first-order chi connectivity index (χ1) is 12.5. The number of hydrogen-bond acceptors (Lipinski definition) is 5. The van der Waals surface area contributed by atoms with Gasteiger partial charge in [0.05, 0.1) is 18.3 Å². The van der Waals surface area contributed by atoms with Crippen molar-refractivity contribution < 1.29 is 4.79 Å². The normalized spacial score (nSPS) is 16.6. The second-order valence-electron chi connectivity index (χ2n) is 7.04. The molecule has 0 fully saturated rings. The first-order valence-corrected chi connectivity index (χ1v) is 10.5. The van der Waals surface area contributed by atoms with E-state index in [9.17, 15) is 9.59 Å². The molecule has 0 saturated carbocycles. The Kier molecular flexibility index (Phi) is 4.67. The second-order valence-corrected chi connectivity index (χ2v) is 9.15. The molecule has 3 heterocycles. The number of hydrogen-bond donors (Lipinski definition) is 0. The quantitative estimate of drug-likeness (QED) is 0.690. The fraction of sp³-hybridized carbons (Fsp3) is 0.421. The number of aromatic nitrogens is 2. The Morgan fingerprint density at radius 3 is 3.08 bits per heavy atom. The van der Waals surface area contributed by atoms with Gasteiger partial charge in [-0.25, -0.2) is 4.98 Å². The Bertz CT molecular complexity index is 1000. The average molecular weight is 388 g/mol. The lowest BCUT2D eigenvalue weighted by atomic mass is 9.89. The summed E-state index contributed by atoms with van der Waals surface area (Å²) in [5, 5.41) is 2.73. The van der Waals surface area contributed by atoms with Gasteiger partial charge in [-0.15, -0.1) is 22.7 Å². The molecule has 0 saturated heterocycles. The maximum atomic E-state index is 13.0. The lowest BCUT2D eigenvalue weighted by Gasteiger charge is -2.18. The summed E-state index contributed by atoms with van der Waals surface area (Å²) >= 11 is 3.26. The van der Waals surface area contributed by atoms with Gasteiger partial charge in [-0.1, -0.05) is 13.0 Å². The molecule has 0 aromatic carbocycles. The molecule has 1 amide bonds. The third-order valence-electron chi connectivity index (χ3n) is 4.99. The van der Waals surface area contributed by atoms with Gasteiger partial charge in [0.2, 0.25) is 5.91 Å². The van der Waals surface area contributed by atoms with Crippen LogP contribution in [0, 0.1) is 5.92 Å². The van der Waals surface area contributed by atoms with E-state index in [1.807, 2.05) is 17.5 Å². The van der Waals surface area contributed by atoms with E-state index in [2.05, 4.69) is 11.9 Å². The summed E-state index contributed by atoms with van der Waals surface area (Å²) in [4.78, 5) is 34.9. The van der Waals surface area contributed by atoms with Crippen LogP contribution in [-0.2, 0) is 30.7 Å². The van der Waals surface area contributed by atoms with Crippen LogP contribution in [-0.4, -0.2) is 27.4 Å². The molecule has 1 aliphatic rings. The summed E-state index contributed by atoms with van der Waals surface area (Å²) in [6, 6.07) is 3.98. The summed E-state index contributed by atoms with van der Waals surface area (Å²) in [7, 11) is 1.77. The molecule has 1 atom stereocenters. The molecule has 5 nitrogen and oxygen atoms in total. The van der Waals surface area contributed by atoms with Crippen molar-refractivity contribution in [3.63, 3.8) is 0 Å². The highest BCUT2D eigenvalue weighted by Crippen LogP contribution is 2.35. The van der Waals surface area contributed by atoms with Gasteiger partial charge in [-0.05, 0) is 42.2 Å². The zero-order chi connectivity index (χ0) is 18.3. The minimum absolute atomic E-state index is 0.0324. The maximum absolute atomic E-state index is 13.0. The number of amides is 1. The van der Waals surface area contributed by atoms with Crippen LogP contribution in [0.15, 0.2) is 28.6 Å². The highest BCUT2D eigenvalue weighted by molar-refractivity contribution is 7.18. The Balaban J connectivity index is 1.60. The lowest BCUT2D eigenvalue weighted by molar-refractivity contribution is -0.131. The minimum atomic E-state index is -0.0839. The van der Waals surface area contributed by atoms with Crippen molar-refractivity contribution in [2.75, 3.05) is 7.05 Å². The van der Waals surface area contributed by atoms with Crippen molar-refractivity contribution in [1.82, 2.24) is 14.5 Å². The van der Waals surface area contributed by atoms with Gasteiger partial charge in [0, 0.05) is 16.8 Å². The molecular formula is C19H21N3O2S2. The monoisotopic (exact) mass is 387 g/mol. The molecule has 26 heavy (non-hydrogen) atoms. The van der Waals surface area contributed by atoms with Crippen LogP contribution in [0.1, 0.15) is 28.7 Å². The zero-order valence-electron chi connectivity index (χ0n) is 14.9. The van der Waals surface area contributed by atoms with Gasteiger partial charge in [-0.3, -0.25) is 14.2 Å². The van der Waals surface area contributed by atoms with Crippen LogP contribution in [0.4, 0.5) is 0 Å². The van der Waals surface area contributed by atoms with Crippen molar-refractivity contribution in [3.05, 3.63) is 49.5 Å². The SMILES string of the molecule is CC1CCc2c(sc3ncn(CC(=O)N(C)Cc4cccs4)c(=O)c23)C1. The van der Waals surface area contributed by atoms with Gasteiger partial charge >= 0.3 is 0 Å². The van der Waals surface area contributed by atoms with Gasteiger partial charge in [-0.2, -0.15) is 0 Å². The van der Waals surface area contributed by atoms with E-state index in [1.54, 1.807) is 34.6 Å². The number of carbonyl (C=O) groups is 1. The molecule has 1 aliphatic carbocycles. The maximum Gasteiger partial charge on any atom is 0.262 e. The van der Waals surface area contributed by atoms with E-state index in [4.69, 9.17) is 0 Å². The molecular weight excluding hydrogens is 366 g/mol. The van der Waals surface area contributed by atoms with Crippen LogP contribution in [0.3, 0.4) is 0 Å². The fourth-order valence-electron chi connectivity index (χ4n) is 3.47. The van der Waals surface area contributed by atoms with Crippen LogP contribution >= 0.6 is 22.7 Å². The second kappa shape index (κ2) is 6.96. The third kappa shape index (κ3) is 3.21. The van der Waals surface area contributed by atoms with E-state index in [-0.39, 0.29) is 18.0 Å². The van der Waals surface area contributed by atoms with E-state index >= 15 is 0 Å². The van der Waals surface area contributed by atoms with Crippen LogP contribution in [0.25, 0.3) is 10.2 Å². The summed E-state index contributed by atoms with van der Waals surface area (Å²) < 4.78 is 1.46. The Morgan fingerprint density at radius 2 is 2.31 bits per heavy atom. The Labute approximate surface area is 159 Å². The van der Waals surface area contributed by atoms with Gasteiger partial charge < -0.3 is 4.90 Å². The van der Waals surface area contributed by atoms with E-state index < -0.39 is 0 Å². The lowest BCUT2D eigenvalue weighted by Crippen LogP contribution is -2.33. The van der Waals surface area contributed by atoms with E-state index in [0.717, 1.165) is 39.9 Å². The molecule has 4 rings (SSSR count). The Morgan fingerprint density at radius 1 is 1.46 bits per heavy atom. The van der Waals surface area contributed by atoms with E-state index in [0.29, 0.717) is 12.5 Å². The van der Waals surface area contributed by atoms with Gasteiger partial charge in [0.25, 0.3) is 5.56 Å². The number of nitrogens with zero attached hydrogens (tertiary/aromatic N) is 3. The van der Waals surface area contributed by atoms with Crippen molar-refractivity contribution >= 4 is 38.8 Å². The predicted octanol–water partition coefficient (Wildman–Crippen LogP) is 3.30. The molecule has 0 radical (unpaired) electrons. The van der Waals surface area contributed by atoms with Crippen molar-refractivity contribution in [2.45, 2.75) is 39.3 Å². The molecule has 7 heteroatoms. The van der Waals surface area contributed by atoms with Crippen LogP contribution < -0.4 is 5.56 Å². The van der Waals surface area contributed by atoms with E-state index in [1.165, 1.54) is 15.8 Å². The van der Waals surface area contributed by atoms with Gasteiger partial charge in [0.1, 0.15) is 11.4 Å². The molecule has 0 aliphatic heterocycles. The number of carbonyl (C=O) groups excluding carboxylic acids is 1. The number of aryl methyl sites for hydroxylation is 1. The minimum Gasteiger partial charge on any atom is -0.339 e. The zero-order valence-corrected chi connectivity index (χ0v) is 16.5. The number of thiophene rings is 2. The molecule has 0 N–H and O–H groups in total. The third-order valence-corrected chi connectivity index (χ3v) is 7.01. The topological polar surface area (TPSA) is 55.2 Å². The van der Waals surface area contributed by atoms with Crippen LogP contribution in [0.5, 0.6) is 0 Å². The molecule has 1 unspecified atom stereocenters. The van der Waals surface area contributed by atoms with Crippen LogP contribution in [0.2, 0.25) is 0 Å². The fourth-order valence-corrected chi connectivity index (χ4v) is 5.57.